The quantitative estimate of drug-likeness (QED) is 0.465. The number of aromatic amines is 1. The minimum absolute atomic E-state index is 0.0599. The molecule has 2 aromatic heterocycles. The first-order valence-electron chi connectivity index (χ1n) is 9.56. The standard InChI is InChI=1S/C23H21N3O4/c1-14(2)30-20-9-8-16(29-12-15-6-4-3-5-7-15)10-17(20)18-11-19(23(27)28)26-22-21(18)24-13-25-22/h3-11,13-14H,12H2,1-2H3,(H,27,28)(H,24,25,26). The number of nitrogens with zero attached hydrogens (tertiary/aromatic N) is 2. The van der Waals surface area contributed by atoms with E-state index in [2.05, 4.69) is 15.0 Å². The van der Waals surface area contributed by atoms with Crippen molar-refractivity contribution in [2.45, 2.75) is 26.6 Å². The van der Waals surface area contributed by atoms with Crippen LogP contribution < -0.4 is 9.47 Å². The van der Waals surface area contributed by atoms with Crippen LogP contribution in [-0.4, -0.2) is 32.1 Å². The fraction of sp³-hybridized carbons (Fsp3) is 0.174. The van der Waals surface area contributed by atoms with Crippen molar-refractivity contribution < 1.29 is 19.4 Å². The molecule has 152 valence electrons. The second-order valence-corrected chi connectivity index (χ2v) is 7.06. The summed E-state index contributed by atoms with van der Waals surface area (Å²) in [4.78, 5) is 22.9. The Bertz CT molecular complexity index is 1190. The van der Waals surface area contributed by atoms with Gasteiger partial charge in [0.05, 0.1) is 12.4 Å². The van der Waals surface area contributed by atoms with Crippen LogP contribution in [0.15, 0.2) is 60.9 Å². The Morgan fingerprint density at radius 2 is 1.90 bits per heavy atom. The van der Waals surface area contributed by atoms with E-state index in [-0.39, 0.29) is 11.8 Å². The Balaban J connectivity index is 1.79. The molecule has 7 heteroatoms. The van der Waals surface area contributed by atoms with Crippen LogP contribution in [-0.2, 0) is 6.61 Å². The lowest BCUT2D eigenvalue weighted by Crippen LogP contribution is -2.07. The van der Waals surface area contributed by atoms with E-state index in [1.165, 1.54) is 12.4 Å². The molecule has 2 aromatic carbocycles. The number of fused-ring (bicyclic) bond motifs is 1. The number of carboxylic acid groups (broad SMARTS) is 1. The molecule has 0 saturated heterocycles. The molecule has 0 spiro atoms. The van der Waals surface area contributed by atoms with Crippen molar-refractivity contribution in [3.63, 3.8) is 0 Å². The predicted octanol–water partition coefficient (Wildman–Crippen LogP) is 4.69. The van der Waals surface area contributed by atoms with Crippen molar-refractivity contribution in [3.8, 4) is 22.6 Å². The molecule has 0 aliphatic heterocycles. The van der Waals surface area contributed by atoms with Gasteiger partial charge in [0.1, 0.15) is 23.6 Å². The molecule has 0 amide bonds. The number of aromatic carboxylic acids is 1. The van der Waals surface area contributed by atoms with Gasteiger partial charge in [0.25, 0.3) is 0 Å². The van der Waals surface area contributed by atoms with Crippen molar-refractivity contribution >= 4 is 17.1 Å². The second kappa shape index (κ2) is 8.24. The van der Waals surface area contributed by atoms with Gasteiger partial charge in [0.15, 0.2) is 11.3 Å². The Morgan fingerprint density at radius 1 is 1.10 bits per heavy atom. The predicted molar refractivity (Wildman–Crippen MR) is 113 cm³/mol. The van der Waals surface area contributed by atoms with Gasteiger partial charge in [-0.3, -0.25) is 0 Å². The first-order valence-corrected chi connectivity index (χ1v) is 9.56. The van der Waals surface area contributed by atoms with E-state index >= 15 is 0 Å². The number of hydrogen-bond acceptors (Lipinski definition) is 5. The molecule has 2 heterocycles. The highest BCUT2D eigenvalue weighted by Gasteiger charge is 2.18. The van der Waals surface area contributed by atoms with Gasteiger partial charge in [0, 0.05) is 11.1 Å². The Kier molecular flexibility index (Phi) is 5.34. The summed E-state index contributed by atoms with van der Waals surface area (Å²) in [5.41, 5.74) is 3.24. The minimum atomic E-state index is -1.12. The molecule has 0 radical (unpaired) electrons. The fourth-order valence-electron chi connectivity index (χ4n) is 3.15. The molecule has 0 unspecified atom stereocenters. The lowest BCUT2D eigenvalue weighted by molar-refractivity contribution is 0.0691. The molecule has 7 nitrogen and oxygen atoms in total. The molecule has 0 aliphatic carbocycles. The van der Waals surface area contributed by atoms with Gasteiger partial charge in [-0.25, -0.2) is 14.8 Å². The highest BCUT2D eigenvalue weighted by atomic mass is 16.5. The highest BCUT2D eigenvalue weighted by molar-refractivity contribution is 5.97. The zero-order valence-electron chi connectivity index (χ0n) is 16.6. The number of ether oxygens (including phenoxy) is 2. The molecular weight excluding hydrogens is 382 g/mol. The highest BCUT2D eigenvalue weighted by Crippen LogP contribution is 2.37. The summed E-state index contributed by atoms with van der Waals surface area (Å²) in [6.07, 6.45) is 1.43. The van der Waals surface area contributed by atoms with Gasteiger partial charge in [-0.05, 0) is 43.7 Å². The summed E-state index contributed by atoms with van der Waals surface area (Å²) >= 11 is 0. The van der Waals surface area contributed by atoms with Crippen LogP contribution in [0.5, 0.6) is 11.5 Å². The van der Waals surface area contributed by atoms with Crippen LogP contribution in [0.1, 0.15) is 29.9 Å². The molecule has 4 rings (SSSR count). The zero-order chi connectivity index (χ0) is 21.1. The van der Waals surface area contributed by atoms with Crippen LogP contribution in [0.3, 0.4) is 0 Å². The molecule has 0 fully saturated rings. The van der Waals surface area contributed by atoms with Crippen LogP contribution >= 0.6 is 0 Å². The van der Waals surface area contributed by atoms with E-state index in [1.54, 1.807) is 0 Å². The van der Waals surface area contributed by atoms with E-state index in [4.69, 9.17) is 9.47 Å². The van der Waals surface area contributed by atoms with Gasteiger partial charge in [-0.1, -0.05) is 30.3 Å². The third kappa shape index (κ3) is 4.10. The fourth-order valence-corrected chi connectivity index (χ4v) is 3.15. The van der Waals surface area contributed by atoms with Gasteiger partial charge in [-0.2, -0.15) is 0 Å². The van der Waals surface area contributed by atoms with Crippen LogP contribution in [0.25, 0.3) is 22.3 Å². The van der Waals surface area contributed by atoms with Gasteiger partial charge < -0.3 is 19.6 Å². The first kappa shape index (κ1) is 19.4. The summed E-state index contributed by atoms with van der Waals surface area (Å²) in [5.74, 6) is 0.141. The molecule has 0 bridgehead atoms. The third-order valence-electron chi connectivity index (χ3n) is 4.46. The lowest BCUT2D eigenvalue weighted by Gasteiger charge is -2.17. The third-order valence-corrected chi connectivity index (χ3v) is 4.46. The Labute approximate surface area is 173 Å². The van der Waals surface area contributed by atoms with Gasteiger partial charge >= 0.3 is 5.97 Å². The Hall–Kier alpha value is -3.87. The SMILES string of the molecule is CC(C)Oc1ccc(OCc2ccccc2)cc1-c1cc(C(=O)O)nc2[nH]cnc12. The molecule has 2 N–H and O–H groups in total. The minimum Gasteiger partial charge on any atom is -0.490 e. The number of carbonyl (C=O) groups is 1. The van der Waals surface area contributed by atoms with Crippen molar-refractivity contribution in [2.24, 2.45) is 0 Å². The van der Waals surface area contributed by atoms with E-state index in [1.807, 2.05) is 62.4 Å². The van der Waals surface area contributed by atoms with E-state index in [0.717, 1.165) is 5.56 Å². The average molecular weight is 403 g/mol. The van der Waals surface area contributed by atoms with Crippen molar-refractivity contribution in [1.82, 2.24) is 15.0 Å². The smallest absolute Gasteiger partial charge is 0.354 e. The maximum atomic E-state index is 11.6. The summed E-state index contributed by atoms with van der Waals surface area (Å²) in [6.45, 7) is 4.28. The number of pyridine rings is 1. The molecule has 0 aliphatic rings. The second-order valence-electron chi connectivity index (χ2n) is 7.06. The number of carboxylic acids is 1. The lowest BCUT2D eigenvalue weighted by atomic mass is 10.0. The maximum Gasteiger partial charge on any atom is 0.354 e. The van der Waals surface area contributed by atoms with Crippen molar-refractivity contribution in [3.05, 3.63) is 72.2 Å². The van der Waals surface area contributed by atoms with E-state index in [0.29, 0.717) is 40.4 Å². The zero-order valence-corrected chi connectivity index (χ0v) is 16.6. The number of hydrogen-bond donors (Lipinski definition) is 2. The molecular formula is C23H21N3O4. The summed E-state index contributed by atoms with van der Waals surface area (Å²) in [5, 5.41) is 9.48. The van der Waals surface area contributed by atoms with Gasteiger partial charge in [0.2, 0.25) is 0 Å². The molecule has 0 atom stereocenters. The van der Waals surface area contributed by atoms with Crippen LogP contribution in [0.4, 0.5) is 0 Å². The first-order chi connectivity index (χ1) is 14.5. The topological polar surface area (TPSA) is 97.3 Å². The van der Waals surface area contributed by atoms with Crippen LogP contribution in [0, 0.1) is 0 Å². The largest absolute Gasteiger partial charge is 0.490 e. The monoisotopic (exact) mass is 403 g/mol. The number of imidazole rings is 1. The average Bonchev–Trinajstić information content (AvgIpc) is 3.21. The van der Waals surface area contributed by atoms with Crippen molar-refractivity contribution in [1.29, 1.82) is 0 Å². The molecule has 30 heavy (non-hydrogen) atoms. The van der Waals surface area contributed by atoms with E-state index < -0.39 is 5.97 Å². The maximum absolute atomic E-state index is 11.6. The molecule has 4 aromatic rings. The van der Waals surface area contributed by atoms with E-state index in [9.17, 15) is 9.90 Å². The Morgan fingerprint density at radius 3 is 2.63 bits per heavy atom. The van der Waals surface area contributed by atoms with Gasteiger partial charge in [-0.15, -0.1) is 0 Å². The summed E-state index contributed by atoms with van der Waals surface area (Å²) in [6, 6.07) is 16.9. The number of rotatable bonds is 7. The number of nitrogens with one attached hydrogen (secondary N) is 1. The normalized spacial score (nSPS) is 11.0. The number of H-pyrrole nitrogens is 1. The van der Waals surface area contributed by atoms with Crippen molar-refractivity contribution in [2.75, 3.05) is 0 Å². The summed E-state index contributed by atoms with van der Waals surface area (Å²) in [7, 11) is 0. The van der Waals surface area contributed by atoms with Crippen LogP contribution in [0.2, 0.25) is 0 Å². The summed E-state index contributed by atoms with van der Waals surface area (Å²) < 4.78 is 12.0. The number of benzene rings is 2. The number of aromatic nitrogens is 3. The molecule has 0 saturated carbocycles.